The lowest BCUT2D eigenvalue weighted by Gasteiger charge is -2.26. The topological polar surface area (TPSA) is 105 Å². The molecule has 3 atom stereocenters. The van der Waals surface area contributed by atoms with Crippen molar-refractivity contribution in [2.75, 3.05) is 40.9 Å². The Morgan fingerprint density at radius 1 is 0.449 bits per heavy atom. The molecule has 9 heteroatoms. The smallest absolute Gasteiger partial charge is 0.391 e. The molecule has 3 unspecified atom stereocenters. The number of rotatable bonds is 63. The monoisotopic (exact) mass is 1120 g/mol. The number of hydrogen-bond donors (Lipinski definition) is 3. The number of phosphoric ester groups is 1. The van der Waals surface area contributed by atoms with Crippen LogP contribution >= 0.6 is 7.82 Å². The Kier molecular flexibility index (Phi) is 58.9. The van der Waals surface area contributed by atoms with Crippen LogP contribution in [0.15, 0.2) is 48.6 Å². The van der Waals surface area contributed by atoms with Crippen LogP contribution in [-0.4, -0.2) is 73.4 Å². The van der Waals surface area contributed by atoms with Gasteiger partial charge < -0.3 is 19.8 Å². The van der Waals surface area contributed by atoms with Gasteiger partial charge in [-0.1, -0.05) is 326 Å². The molecular formula is C69H134N2O6P+. The summed E-state index contributed by atoms with van der Waals surface area (Å²) in [6.45, 7) is 4.83. The second-order valence-electron chi connectivity index (χ2n) is 24.5. The van der Waals surface area contributed by atoms with Gasteiger partial charge in [-0.3, -0.25) is 13.8 Å². The van der Waals surface area contributed by atoms with Crippen LogP contribution < -0.4 is 5.32 Å². The van der Waals surface area contributed by atoms with Crippen molar-refractivity contribution in [3.8, 4) is 0 Å². The van der Waals surface area contributed by atoms with Gasteiger partial charge in [0.2, 0.25) is 5.91 Å². The zero-order valence-electron chi connectivity index (χ0n) is 52.7. The number of likely N-dealkylation sites (N-methyl/N-ethyl adjacent to an activating group) is 1. The van der Waals surface area contributed by atoms with Crippen molar-refractivity contribution < 1.29 is 32.9 Å². The molecule has 0 bridgehead atoms. The number of carbonyl (C=O) groups excluding carboxylic acids is 1. The molecule has 0 saturated carbocycles. The standard InChI is InChI=1S/C69H133N2O6P/c1-6-8-10-12-14-16-18-20-22-24-26-28-30-32-34-35-37-39-41-43-45-47-49-51-53-55-57-59-61-63-69(73)70-67(66-77-78(74,75)76-65-64-71(3,4)5)68(72)62-60-58-56-54-52-50-48-46-44-42-40-38-36-33-31-29-27-25-23-21-19-17-15-13-11-9-7-2/h8,10,14,16,20,22,26,28,67-68,72H,6-7,9,11-13,15,17-19,21,23-25,27,29-66H2,1-5H3,(H-,70,73,74,75)/p+1/b10-8-,16-14-,22-20-,28-26-. The van der Waals surface area contributed by atoms with Crippen LogP contribution in [-0.2, 0) is 18.4 Å². The molecule has 3 N–H and O–H groups in total. The van der Waals surface area contributed by atoms with Gasteiger partial charge in [0.15, 0.2) is 0 Å². The first-order chi connectivity index (χ1) is 38.0. The average molecular weight is 1120 g/mol. The Bertz CT molecular complexity index is 1410. The summed E-state index contributed by atoms with van der Waals surface area (Å²) in [5, 5.41) is 14.1. The van der Waals surface area contributed by atoms with Gasteiger partial charge in [-0.05, 0) is 51.4 Å². The van der Waals surface area contributed by atoms with Gasteiger partial charge in [-0.25, -0.2) is 4.57 Å². The molecule has 0 radical (unpaired) electrons. The van der Waals surface area contributed by atoms with E-state index in [9.17, 15) is 19.4 Å². The fraction of sp³-hybridized carbons (Fsp3) is 0.870. The fourth-order valence-corrected chi connectivity index (χ4v) is 11.1. The highest BCUT2D eigenvalue weighted by atomic mass is 31.2. The molecule has 0 aliphatic heterocycles. The van der Waals surface area contributed by atoms with Crippen LogP contribution in [0.25, 0.3) is 0 Å². The van der Waals surface area contributed by atoms with E-state index >= 15 is 0 Å². The lowest BCUT2D eigenvalue weighted by Crippen LogP contribution is -2.46. The Hall–Kier alpha value is -1.54. The third kappa shape index (κ3) is 62.1. The average Bonchev–Trinajstić information content (AvgIpc) is 3.41. The minimum Gasteiger partial charge on any atom is -0.391 e. The summed E-state index contributed by atoms with van der Waals surface area (Å²) in [5.41, 5.74) is 0. The predicted octanol–water partition coefficient (Wildman–Crippen LogP) is 21.4. The minimum absolute atomic E-state index is 0.0755. The second-order valence-corrected chi connectivity index (χ2v) is 26.0. The Labute approximate surface area is 486 Å². The van der Waals surface area contributed by atoms with Crippen molar-refractivity contribution in [2.45, 2.75) is 347 Å². The zero-order chi connectivity index (χ0) is 57.0. The highest BCUT2D eigenvalue weighted by Gasteiger charge is 2.28. The van der Waals surface area contributed by atoms with Crippen LogP contribution in [0.2, 0.25) is 0 Å². The molecular weight excluding hydrogens is 984 g/mol. The number of unbranched alkanes of at least 4 members (excludes halogenated alkanes) is 42. The highest BCUT2D eigenvalue weighted by molar-refractivity contribution is 7.47. The molecule has 0 aromatic rings. The normalized spacial score (nSPS) is 14.0. The summed E-state index contributed by atoms with van der Waals surface area (Å²) in [4.78, 5) is 23.5. The summed E-state index contributed by atoms with van der Waals surface area (Å²) < 4.78 is 23.9. The summed E-state index contributed by atoms with van der Waals surface area (Å²) >= 11 is 0. The predicted molar refractivity (Wildman–Crippen MR) is 341 cm³/mol. The van der Waals surface area contributed by atoms with Crippen LogP contribution in [0.4, 0.5) is 0 Å². The molecule has 0 aromatic carbocycles. The summed E-state index contributed by atoms with van der Waals surface area (Å²) in [6, 6.07) is -0.763. The van der Waals surface area contributed by atoms with E-state index in [1.807, 2.05) is 21.1 Å². The zero-order valence-corrected chi connectivity index (χ0v) is 53.6. The Morgan fingerprint density at radius 2 is 0.769 bits per heavy atom. The molecule has 8 nitrogen and oxygen atoms in total. The van der Waals surface area contributed by atoms with Crippen molar-refractivity contribution in [1.82, 2.24) is 5.32 Å². The number of nitrogens with one attached hydrogen (secondary N) is 1. The Balaban J connectivity index is 4.04. The van der Waals surface area contributed by atoms with Crippen molar-refractivity contribution >= 4 is 13.7 Å². The second kappa shape index (κ2) is 60.1. The van der Waals surface area contributed by atoms with E-state index < -0.39 is 20.0 Å². The van der Waals surface area contributed by atoms with Crippen molar-refractivity contribution in [1.29, 1.82) is 0 Å². The SMILES string of the molecule is CC/C=C\C/C=C\C/C=C\C/C=C\CCCCCCCCCCCCCCCCCCC(=O)NC(COP(=O)(O)OCC[N+](C)(C)C)C(O)CCCCCCCCCCCCCCCCCCCCCCCCCCCCC. The molecule has 0 aromatic heterocycles. The minimum atomic E-state index is -4.33. The van der Waals surface area contributed by atoms with Gasteiger partial charge in [0.05, 0.1) is 39.9 Å². The maximum atomic E-state index is 13.1. The molecule has 0 rings (SSSR count). The van der Waals surface area contributed by atoms with Crippen molar-refractivity contribution in [2.24, 2.45) is 0 Å². The van der Waals surface area contributed by atoms with E-state index in [1.165, 1.54) is 244 Å². The highest BCUT2D eigenvalue weighted by Crippen LogP contribution is 2.43. The van der Waals surface area contributed by atoms with Gasteiger partial charge in [0.1, 0.15) is 13.2 Å². The third-order valence-corrected chi connectivity index (χ3v) is 16.6. The van der Waals surface area contributed by atoms with E-state index in [4.69, 9.17) is 9.05 Å². The fourth-order valence-electron chi connectivity index (χ4n) is 10.3. The first kappa shape index (κ1) is 76.5. The number of allylic oxidation sites excluding steroid dienone is 8. The first-order valence-corrected chi connectivity index (χ1v) is 35.5. The summed E-state index contributed by atoms with van der Waals surface area (Å²) in [7, 11) is 1.63. The lowest BCUT2D eigenvalue weighted by atomic mass is 10.0. The molecule has 0 aliphatic rings. The molecule has 0 spiro atoms. The number of quaternary nitrogens is 1. The van der Waals surface area contributed by atoms with Crippen LogP contribution in [0.5, 0.6) is 0 Å². The van der Waals surface area contributed by atoms with Crippen LogP contribution in [0, 0.1) is 0 Å². The number of aliphatic hydroxyl groups is 1. The number of phosphoric acid groups is 1. The maximum Gasteiger partial charge on any atom is 0.472 e. The van der Waals surface area contributed by atoms with E-state index in [-0.39, 0.29) is 19.1 Å². The molecule has 0 heterocycles. The third-order valence-electron chi connectivity index (χ3n) is 15.6. The number of amides is 1. The largest absolute Gasteiger partial charge is 0.472 e. The summed E-state index contributed by atoms with van der Waals surface area (Å²) in [6.07, 6.45) is 80.6. The van der Waals surface area contributed by atoms with E-state index in [0.29, 0.717) is 23.9 Å². The molecule has 78 heavy (non-hydrogen) atoms. The van der Waals surface area contributed by atoms with Gasteiger partial charge in [0, 0.05) is 6.42 Å². The van der Waals surface area contributed by atoms with Gasteiger partial charge >= 0.3 is 7.82 Å². The van der Waals surface area contributed by atoms with Gasteiger partial charge in [0.25, 0.3) is 0 Å². The van der Waals surface area contributed by atoms with Gasteiger partial charge in [-0.2, -0.15) is 0 Å². The van der Waals surface area contributed by atoms with Crippen molar-refractivity contribution in [3.05, 3.63) is 48.6 Å². The quantitative estimate of drug-likeness (QED) is 0.0243. The molecule has 0 saturated heterocycles. The molecule has 1 amide bonds. The molecule has 0 fully saturated rings. The van der Waals surface area contributed by atoms with E-state index in [0.717, 1.165) is 64.2 Å². The number of aliphatic hydroxyl groups excluding tert-OH is 1. The van der Waals surface area contributed by atoms with E-state index in [1.54, 1.807) is 0 Å². The van der Waals surface area contributed by atoms with Gasteiger partial charge in [-0.15, -0.1) is 0 Å². The Morgan fingerprint density at radius 3 is 1.13 bits per heavy atom. The number of nitrogens with zero attached hydrogens (tertiary/aromatic N) is 1. The van der Waals surface area contributed by atoms with Crippen LogP contribution in [0.1, 0.15) is 335 Å². The van der Waals surface area contributed by atoms with Crippen LogP contribution in [0.3, 0.4) is 0 Å². The first-order valence-electron chi connectivity index (χ1n) is 34.0. The number of carbonyl (C=O) groups is 1. The summed E-state index contributed by atoms with van der Waals surface area (Å²) in [5.74, 6) is -0.140. The molecule has 0 aliphatic carbocycles. The molecule has 460 valence electrons. The van der Waals surface area contributed by atoms with E-state index in [2.05, 4.69) is 67.8 Å². The number of hydrogen-bond acceptors (Lipinski definition) is 5. The van der Waals surface area contributed by atoms with Crippen molar-refractivity contribution in [3.63, 3.8) is 0 Å². The maximum absolute atomic E-state index is 13.1. The lowest BCUT2D eigenvalue weighted by molar-refractivity contribution is -0.870.